The highest BCUT2D eigenvalue weighted by Gasteiger charge is 2.19. The largest absolute Gasteiger partial charge is 0.497 e. The van der Waals surface area contributed by atoms with E-state index in [4.69, 9.17) is 4.74 Å². The maximum absolute atomic E-state index is 5.33. The third kappa shape index (κ3) is 5.51. The van der Waals surface area contributed by atoms with Gasteiger partial charge in [-0.3, -0.25) is 4.99 Å². The number of thioether (sulfide) groups is 1. The molecule has 1 aromatic carbocycles. The van der Waals surface area contributed by atoms with Gasteiger partial charge in [0.15, 0.2) is 5.96 Å². The highest BCUT2D eigenvalue weighted by atomic mass is 32.2. The van der Waals surface area contributed by atoms with E-state index in [0.717, 1.165) is 44.4 Å². The van der Waals surface area contributed by atoms with Crippen LogP contribution in [0.15, 0.2) is 29.3 Å². The first kappa shape index (κ1) is 18.8. The van der Waals surface area contributed by atoms with Crippen molar-refractivity contribution in [3.05, 3.63) is 24.3 Å². The first-order chi connectivity index (χ1) is 11.8. The molecule has 0 spiro atoms. The molecule has 1 aliphatic heterocycles. The molecule has 0 amide bonds. The van der Waals surface area contributed by atoms with Gasteiger partial charge in [0, 0.05) is 51.5 Å². The molecule has 1 heterocycles. The van der Waals surface area contributed by atoms with E-state index >= 15 is 0 Å². The van der Waals surface area contributed by atoms with E-state index in [-0.39, 0.29) is 0 Å². The van der Waals surface area contributed by atoms with Crippen LogP contribution in [0.5, 0.6) is 5.75 Å². The molecule has 0 unspecified atom stereocenters. The van der Waals surface area contributed by atoms with Gasteiger partial charge < -0.3 is 19.9 Å². The van der Waals surface area contributed by atoms with E-state index in [0.29, 0.717) is 0 Å². The SMILES string of the molecule is CN=C(NCCCCSC)N1CCN(c2cccc(OC)c2)CC1. The number of nitrogens with zero attached hydrogens (tertiary/aromatic N) is 3. The van der Waals surface area contributed by atoms with E-state index < -0.39 is 0 Å². The molecule has 0 radical (unpaired) electrons. The summed E-state index contributed by atoms with van der Waals surface area (Å²) >= 11 is 1.91. The van der Waals surface area contributed by atoms with E-state index in [2.05, 4.69) is 44.6 Å². The van der Waals surface area contributed by atoms with Crippen LogP contribution >= 0.6 is 11.8 Å². The molecule has 0 aromatic heterocycles. The van der Waals surface area contributed by atoms with Crippen molar-refractivity contribution in [1.82, 2.24) is 10.2 Å². The summed E-state index contributed by atoms with van der Waals surface area (Å²) in [5.41, 5.74) is 1.23. The molecule has 1 aliphatic rings. The molecular formula is C18H30N4OS. The minimum atomic E-state index is 0.914. The maximum atomic E-state index is 5.33. The monoisotopic (exact) mass is 350 g/mol. The number of aliphatic imine (C=N–C) groups is 1. The first-order valence-corrected chi connectivity index (χ1v) is 10.0. The van der Waals surface area contributed by atoms with Crippen molar-refractivity contribution in [3.63, 3.8) is 0 Å². The summed E-state index contributed by atoms with van der Waals surface area (Å²) in [6.07, 6.45) is 4.62. The lowest BCUT2D eigenvalue weighted by molar-refractivity contribution is 0.372. The second kappa shape index (κ2) is 10.3. The number of hydrogen-bond donors (Lipinski definition) is 1. The molecule has 1 aromatic rings. The average molecular weight is 351 g/mol. The smallest absolute Gasteiger partial charge is 0.193 e. The van der Waals surface area contributed by atoms with Crippen LogP contribution in [-0.4, -0.2) is 69.7 Å². The van der Waals surface area contributed by atoms with E-state index in [9.17, 15) is 0 Å². The number of benzene rings is 1. The van der Waals surface area contributed by atoms with Gasteiger partial charge >= 0.3 is 0 Å². The van der Waals surface area contributed by atoms with Crippen molar-refractivity contribution in [3.8, 4) is 5.75 Å². The number of methoxy groups -OCH3 is 1. The molecule has 134 valence electrons. The number of unbranched alkanes of at least 4 members (excludes halogenated alkanes) is 1. The summed E-state index contributed by atoms with van der Waals surface area (Å²) in [5.74, 6) is 3.18. The van der Waals surface area contributed by atoms with Gasteiger partial charge in [0.2, 0.25) is 0 Å². The van der Waals surface area contributed by atoms with Crippen molar-refractivity contribution in [2.24, 2.45) is 4.99 Å². The third-order valence-corrected chi connectivity index (χ3v) is 4.96. The van der Waals surface area contributed by atoms with Crippen LogP contribution in [0.3, 0.4) is 0 Å². The van der Waals surface area contributed by atoms with Gasteiger partial charge in [-0.15, -0.1) is 0 Å². The molecule has 1 saturated heterocycles. The molecule has 0 aliphatic carbocycles. The van der Waals surface area contributed by atoms with Crippen molar-refractivity contribution in [2.75, 3.05) is 63.8 Å². The Hall–Kier alpha value is -1.56. The van der Waals surface area contributed by atoms with Gasteiger partial charge in [-0.1, -0.05) is 6.07 Å². The van der Waals surface area contributed by atoms with Gasteiger partial charge in [0.05, 0.1) is 7.11 Å². The number of guanidine groups is 1. The topological polar surface area (TPSA) is 40.1 Å². The van der Waals surface area contributed by atoms with Gasteiger partial charge in [-0.2, -0.15) is 11.8 Å². The summed E-state index contributed by atoms with van der Waals surface area (Å²) in [6.45, 7) is 4.98. The van der Waals surface area contributed by atoms with Crippen molar-refractivity contribution >= 4 is 23.4 Å². The number of anilines is 1. The quantitative estimate of drug-likeness (QED) is 0.465. The maximum Gasteiger partial charge on any atom is 0.193 e. The van der Waals surface area contributed by atoms with Gasteiger partial charge in [0.25, 0.3) is 0 Å². The summed E-state index contributed by atoms with van der Waals surface area (Å²) < 4.78 is 5.33. The number of hydrogen-bond acceptors (Lipinski definition) is 4. The highest BCUT2D eigenvalue weighted by molar-refractivity contribution is 7.98. The van der Waals surface area contributed by atoms with Crippen molar-refractivity contribution < 1.29 is 4.74 Å². The Morgan fingerprint density at radius 2 is 2.04 bits per heavy atom. The minimum Gasteiger partial charge on any atom is -0.497 e. The molecule has 0 saturated carbocycles. The van der Waals surface area contributed by atoms with E-state index in [1.165, 1.54) is 24.3 Å². The van der Waals surface area contributed by atoms with Gasteiger partial charge in [0.1, 0.15) is 5.75 Å². The molecule has 1 N–H and O–H groups in total. The third-order valence-electron chi connectivity index (χ3n) is 4.27. The van der Waals surface area contributed by atoms with Crippen molar-refractivity contribution in [1.29, 1.82) is 0 Å². The fourth-order valence-corrected chi connectivity index (χ4v) is 3.38. The van der Waals surface area contributed by atoms with Crippen LogP contribution in [0.1, 0.15) is 12.8 Å². The molecule has 24 heavy (non-hydrogen) atoms. The van der Waals surface area contributed by atoms with Gasteiger partial charge in [-0.05, 0) is 37.0 Å². The van der Waals surface area contributed by atoms with Crippen LogP contribution in [0.25, 0.3) is 0 Å². The molecule has 0 bridgehead atoms. The Labute approximate surface area is 150 Å². The Kier molecular flexibility index (Phi) is 8.08. The predicted octanol–water partition coefficient (Wildman–Crippen LogP) is 2.54. The lowest BCUT2D eigenvalue weighted by Crippen LogP contribution is -2.52. The molecular weight excluding hydrogens is 320 g/mol. The van der Waals surface area contributed by atoms with Crippen LogP contribution in [0.4, 0.5) is 5.69 Å². The van der Waals surface area contributed by atoms with E-state index in [1.807, 2.05) is 24.9 Å². The number of nitrogens with one attached hydrogen (secondary N) is 1. The molecule has 1 fully saturated rings. The van der Waals surface area contributed by atoms with Crippen LogP contribution < -0.4 is 15.0 Å². The van der Waals surface area contributed by atoms with Crippen LogP contribution in [0.2, 0.25) is 0 Å². The Morgan fingerprint density at radius 1 is 1.25 bits per heavy atom. The Bertz CT molecular complexity index is 515. The summed E-state index contributed by atoms with van der Waals surface area (Å²) in [6, 6.07) is 8.30. The second-order valence-electron chi connectivity index (χ2n) is 5.85. The Balaban J connectivity index is 1.80. The summed E-state index contributed by atoms with van der Waals surface area (Å²) in [5, 5.41) is 3.50. The van der Waals surface area contributed by atoms with E-state index in [1.54, 1.807) is 7.11 Å². The lowest BCUT2D eigenvalue weighted by Gasteiger charge is -2.37. The predicted molar refractivity (Wildman–Crippen MR) is 106 cm³/mol. The fraction of sp³-hybridized carbons (Fsp3) is 0.611. The first-order valence-electron chi connectivity index (χ1n) is 8.62. The number of rotatable bonds is 7. The van der Waals surface area contributed by atoms with Crippen LogP contribution in [0, 0.1) is 0 Å². The normalized spacial score (nSPS) is 15.5. The number of ether oxygens (including phenoxy) is 1. The summed E-state index contributed by atoms with van der Waals surface area (Å²) in [7, 11) is 3.59. The zero-order valence-corrected chi connectivity index (χ0v) is 15.9. The molecule has 0 atom stereocenters. The second-order valence-corrected chi connectivity index (χ2v) is 6.84. The lowest BCUT2D eigenvalue weighted by atomic mass is 10.2. The molecule has 5 nitrogen and oxygen atoms in total. The zero-order valence-electron chi connectivity index (χ0n) is 15.1. The average Bonchev–Trinajstić information content (AvgIpc) is 2.65. The minimum absolute atomic E-state index is 0.914. The van der Waals surface area contributed by atoms with Crippen molar-refractivity contribution in [2.45, 2.75) is 12.8 Å². The zero-order chi connectivity index (χ0) is 17.2. The number of piperazine rings is 1. The van der Waals surface area contributed by atoms with Crippen LogP contribution in [-0.2, 0) is 0 Å². The highest BCUT2D eigenvalue weighted by Crippen LogP contribution is 2.22. The fourth-order valence-electron chi connectivity index (χ4n) is 2.89. The molecule has 2 rings (SSSR count). The van der Waals surface area contributed by atoms with Gasteiger partial charge in [-0.25, -0.2) is 0 Å². The standard InChI is InChI=1S/C18H30N4OS/c1-19-18(20-9-4-5-14-24-3)22-12-10-21(11-13-22)16-7-6-8-17(15-16)23-2/h6-8,15H,4-5,9-14H2,1-3H3,(H,19,20). The Morgan fingerprint density at radius 3 is 2.71 bits per heavy atom. The molecule has 6 heteroatoms. The summed E-state index contributed by atoms with van der Waals surface area (Å²) in [4.78, 5) is 9.20.